The molecule has 0 aliphatic carbocycles. The van der Waals surface area contributed by atoms with Crippen molar-refractivity contribution in [2.75, 3.05) is 0 Å². The van der Waals surface area contributed by atoms with E-state index < -0.39 is 11.7 Å². The van der Waals surface area contributed by atoms with Crippen LogP contribution in [-0.2, 0) is 6.61 Å². The van der Waals surface area contributed by atoms with E-state index in [4.69, 9.17) is 15.2 Å². The Morgan fingerprint density at radius 1 is 1.03 bits per heavy atom. The van der Waals surface area contributed by atoms with E-state index >= 15 is 0 Å². The fourth-order valence-corrected chi connectivity index (χ4v) is 3.94. The molecule has 0 saturated carbocycles. The summed E-state index contributed by atoms with van der Waals surface area (Å²) in [7, 11) is 0. The van der Waals surface area contributed by atoms with Gasteiger partial charge in [0.05, 0.1) is 17.2 Å². The second kappa shape index (κ2) is 8.52. The number of nitrogens with two attached hydrogens (primary N) is 1. The number of benzene rings is 3. The molecule has 3 N–H and O–H groups in total. The Morgan fingerprint density at radius 3 is 2.48 bits per heavy atom. The summed E-state index contributed by atoms with van der Waals surface area (Å²) in [5, 5.41) is 17.0. The lowest BCUT2D eigenvalue weighted by Gasteiger charge is -2.24. The third-order valence-electron chi connectivity index (χ3n) is 5.55. The molecule has 1 aliphatic rings. The molecule has 6 nitrogen and oxygen atoms in total. The zero-order chi connectivity index (χ0) is 22.8. The highest BCUT2D eigenvalue weighted by atomic mass is 19.1. The number of hydrogen-bond donors (Lipinski definition) is 2. The first-order valence-electron chi connectivity index (χ1n) is 10.3. The van der Waals surface area contributed by atoms with Gasteiger partial charge in [-0.05, 0) is 35.9 Å². The summed E-state index contributed by atoms with van der Waals surface area (Å²) in [5.74, 6) is -0.338. The van der Waals surface area contributed by atoms with Crippen molar-refractivity contribution in [3.8, 4) is 29.0 Å². The van der Waals surface area contributed by atoms with Crippen molar-refractivity contribution in [3.63, 3.8) is 0 Å². The van der Waals surface area contributed by atoms with Crippen LogP contribution < -0.4 is 15.2 Å². The summed E-state index contributed by atoms with van der Waals surface area (Å²) < 4.78 is 26.2. The Labute approximate surface area is 189 Å². The van der Waals surface area contributed by atoms with Gasteiger partial charge < -0.3 is 15.2 Å². The molecule has 0 unspecified atom stereocenters. The zero-order valence-corrected chi connectivity index (χ0v) is 17.5. The van der Waals surface area contributed by atoms with Crippen LogP contribution in [0.5, 0.6) is 11.6 Å². The van der Waals surface area contributed by atoms with E-state index in [1.54, 1.807) is 18.2 Å². The number of fused-ring (bicyclic) bond motifs is 1. The lowest BCUT2D eigenvalue weighted by molar-refractivity contribution is 0.306. The first-order chi connectivity index (χ1) is 16.2. The fourth-order valence-electron chi connectivity index (χ4n) is 3.94. The number of H-pyrrole nitrogens is 1. The van der Waals surface area contributed by atoms with Crippen LogP contribution in [0.25, 0.3) is 11.3 Å². The predicted molar refractivity (Wildman–Crippen MR) is 120 cm³/mol. The number of aromatic nitrogens is 2. The standard InChI is InChI=1S/C26H19FN4O2/c27-21-9-5-4-8-19(21)22-20(14-28)25(29)33-26-23(22)24(30-31-26)17-10-12-18(13-11-17)32-15-16-6-2-1-3-7-16/h1-13,22H,15,29H2,(H,30,31)/t22-/m1/s1. The molecule has 1 aliphatic heterocycles. The smallest absolute Gasteiger partial charge is 0.244 e. The van der Waals surface area contributed by atoms with Crippen LogP contribution in [-0.4, -0.2) is 10.2 Å². The summed E-state index contributed by atoms with van der Waals surface area (Å²) in [6, 6.07) is 25.7. The van der Waals surface area contributed by atoms with Crippen LogP contribution >= 0.6 is 0 Å². The molecule has 0 saturated heterocycles. The van der Waals surface area contributed by atoms with E-state index in [0.717, 1.165) is 11.1 Å². The van der Waals surface area contributed by atoms with E-state index in [1.807, 2.05) is 54.6 Å². The maximum Gasteiger partial charge on any atom is 0.244 e. The van der Waals surface area contributed by atoms with Crippen LogP contribution in [0.3, 0.4) is 0 Å². The lowest BCUT2D eigenvalue weighted by atomic mass is 9.83. The highest BCUT2D eigenvalue weighted by Crippen LogP contribution is 2.46. The van der Waals surface area contributed by atoms with Crippen molar-refractivity contribution in [1.82, 2.24) is 10.2 Å². The van der Waals surface area contributed by atoms with Gasteiger partial charge in [0.25, 0.3) is 0 Å². The third kappa shape index (κ3) is 3.79. The van der Waals surface area contributed by atoms with Crippen LogP contribution in [0.15, 0.2) is 90.3 Å². The average Bonchev–Trinajstić information content (AvgIpc) is 3.26. The van der Waals surface area contributed by atoms with Crippen molar-refractivity contribution < 1.29 is 13.9 Å². The summed E-state index contributed by atoms with van der Waals surface area (Å²) in [6.45, 7) is 0.457. The van der Waals surface area contributed by atoms with Gasteiger partial charge in [-0.2, -0.15) is 5.26 Å². The van der Waals surface area contributed by atoms with Gasteiger partial charge in [0.2, 0.25) is 11.8 Å². The maximum absolute atomic E-state index is 14.8. The Morgan fingerprint density at radius 2 is 1.76 bits per heavy atom. The van der Waals surface area contributed by atoms with Crippen molar-refractivity contribution in [1.29, 1.82) is 5.26 Å². The van der Waals surface area contributed by atoms with Crippen LogP contribution in [0.4, 0.5) is 4.39 Å². The molecule has 5 rings (SSSR count). The first-order valence-corrected chi connectivity index (χ1v) is 10.3. The molecule has 0 amide bonds. The van der Waals surface area contributed by atoms with E-state index in [-0.39, 0.29) is 17.3 Å². The molecule has 1 atom stereocenters. The number of nitriles is 1. The van der Waals surface area contributed by atoms with Gasteiger partial charge in [-0.1, -0.05) is 48.5 Å². The van der Waals surface area contributed by atoms with Crippen molar-refractivity contribution in [2.45, 2.75) is 12.5 Å². The molecule has 2 heterocycles. The van der Waals surface area contributed by atoms with Gasteiger partial charge in [-0.15, -0.1) is 5.10 Å². The fraction of sp³-hybridized carbons (Fsp3) is 0.0769. The Kier molecular flexibility index (Phi) is 5.25. The Hall–Kier alpha value is -4.57. The molecule has 33 heavy (non-hydrogen) atoms. The second-order valence-electron chi connectivity index (χ2n) is 7.56. The molecule has 1 aromatic heterocycles. The highest BCUT2D eigenvalue weighted by molar-refractivity contribution is 5.71. The maximum atomic E-state index is 14.8. The minimum Gasteiger partial charge on any atom is -0.489 e. The quantitative estimate of drug-likeness (QED) is 0.456. The number of nitrogens with one attached hydrogen (secondary N) is 1. The second-order valence-corrected chi connectivity index (χ2v) is 7.56. The third-order valence-corrected chi connectivity index (χ3v) is 5.55. The van der Waals surface area contributed by atoms with Crippen molar-refractivity contribution in [3.05, 3.63) is 113 Å². The zero-order valence-electron chi connectivity index (χ0n) is 17.5. The molecule has 4 aromatic rings. The number of aromatic amines is 1. The van der Waals surface area contributed by atoms with Gasteiger partial charge in [-0.3, -0.25) is 5.10 Å². The topological polar surface area (TPSA) is 97.0 Å². The summed E-state index contributed by atoms with van der Waals surface area (Å²) in [5.41, 5.74) is 9.48. The van der Waals surface area contributed by atoms with Gasteiger partial charge >= 0.3 is 0 Å². The number of rotatable bonds is 5. The lowest BCUT2D eigenvalue weighted by Crippen LogP contribution is -2.21. The molecular weight excluding hydrogens is 419 g/mol. The van der Waals surface area contributed by atoms with Gasteiger partial charge in [0.15, 0.2) is 0 Å². The van der Waals surface area contributed by atoms with Gasteiger partial charge in [0, 0.05) is 11.1 Å². The minimum atomic E-state index is -0.747. The summed E-state index contributed by atoms with van der Waals surface area (Å²) >= 11 is 0. The van der Waals surface area contributed by atoms with Gasteiger partial charge in [0.1, 0.15) is 29.8 Å². The molecule has 0 radical (unpaired) electrons. The van der Waals surface area contributed by atoms with E-state index in [0.29, 0.717) is 29.2 Å². The van der Waals surface area contributed by atoms with E-state index in [1.165, 1.54) is 6.07 Å². The molecule has 0 spiro atoms. The predicted octanol–water partition coefficient (Wildman–Crippen LogP) is 5.01. The Bertz CT molecular complexity index is 1370. The molecular formula is C26H19FN4O2. The molecule has 0 bridgehead atoms. The SMILES string of the molecule is N#CC1=C(N)Oc2n[nH]c(-c3ccc(OCc4ccccc4)cc3)c2[C@@H]1c1ccccc1F. The molecule has 162 valence electrons. The van der Waals surface area contributed by atoms with Crippen molar-refractivity contribution in [2.24, 2.45) is 5.73 Å². The summed E-state index contributed by atoms with van der Waals surface area (Å²) in [6.07, 6.45) is 0. The van der Waals surface area contributed by atoms with Crippen molar-refractivity contribution >= 4 is 0 Å². The van der Waals surface area contributed by atoms with Crippen LogP contribution in [0.2, 0.25) is 0 Å². The van der Waals surface area contributed by atoms with E-state index in [2.05, 4.69) is 16.3 Å². The number of allylic oxidation sites excluding steroid dienone is 1. The average molecular weight is 438 g/mol. The molecule has 0 fully saturated rings. The molecule has 3 aromatic carbocycles. The van der Waals surface area contributed by atoms with Crippen LogP contribution in [0.1, 0.15) is 22.6 Å². The highest BCUT2D eigenvalue weighted by Gasteiger charge is 2.36. The largest absolute Gasteiger partial charge is 0.489 e. The monoisotopic (exact) mass is 438 g/mol. The number of hydrogen-bond acceptors (Lipinski definition) is 5. The first kappa shape index (κ1) is 20.3. The minimum absolute atomic E-state index is 0.0824. The number of halogens is 1. The van der Waals surface area contributed by atoms with Gasteiger partial charge in [-0.25, -0.2) is 4.39 Å². The normalized spacial score (nSPS) is 14.8. The van der Waals surface area contributed by atoms with E-state index in [9.17, 15) is 9.65 Å². The molecule has 7 heteroatoms. The number of nitrogens with zero attached hydrogens (tertiary/aromatic N) is 2. The number of ether oxygens (including phenoxy) is 2. The summed E-state index contributed by atoms with van der Waals surface area (Å²) in [4.78, 5) is 0. The Balaban J connectivity index is 1.50. The van der Waals surface area contributed by atoms with Crippen LogP contribution in [0, 0.1) is 17.1 Å².